The number of carboxylic acid groups (broad SMARTS) is 1. The van der Waals surface area contributed by atoms with Gasteiger partial charge in [-0.2, -0.15) is 4.98 Å². The van der Waals surface area contributed by atoms with Crippen molar-refractivity contribution in [2.75, 3.05) is 18.7 Å². The Bertz CT molecular complexity index is 1140. The lowest BCUT2D eigenvalue weighted by molar-refractivity contribution is -0.137. The van der Waals surface area contributed by atoms with Crippen molar-refractivity contribution in [2.24, 2.45) is 11.8 Å². The van der Waals surface area contributed by atoms with Crippen molar-refractivity contribution in [3.63, 3.8) is 0 Å². The second kappa shape index (κ2) is 22.1. The Labute approximate surface area is 264 Å². The molecule has 8 N–H and O–H groups in total. The topological polar surface area (TPSA) is 243 Å². The zero-order valence-corrected chi connectivity index (χ0v) is 27.0. The number of unbranched alkanes of at least 4 members (excludes halogenated alkanes) is 5. The van der Waals surface area contributed by atoms with E-state index >= 15 is 0 Å². The highest BCUT2D eigenvalue weighted by Gasteiger charge is 2.40. The number of hydrogen-bond acceptors (Lipinski definition) is 10. The van der Waals surface area contributed by atoms with Crippen LogP contribution in [0.25, 0.3) is 0 Å². The first-order chi connectivity index (χ1) is 21.3. The highest BCUT2D eigenvalue weighted by atomic mass is 31.2. The van der Waals surface area contributed by atoms with Crippen LogP contribution in [-0.4, -0.2) is 82.8 Å². The largest absolute Gasteiger partial charge is 0.481 e. The summed E-state index contributed by atoms with van der Waals surface area (Å²) in [7, 11) is -4.31. The summed E-state index contributed by atoms with van der Waals surface area (Å²) in [6.45, 7) is 1.60. The summed E-state index contributed by atoms with van der Waals surface area (Å²) in [5.74, 6) is -0.510. The first-order valence-corrected chi connectivity index (χ1v) is 17.4. The van der Waals surface area contributed by atoms with Crippen molar-refractivity contribution >= 4 is 25.2 Å². The van der Waals surface area contributed by atoms with Crippen LogP contribution in [0.2, 0.25) is 0 Å². The number of carbonyl (C=O) groups is 2. The summed E-state index contributed by atoms with van der Waals surface area (Å²) in [4.78, 5) is 54.7. The minimum atomic E-state index is -4.31. The molecule has 1 aliphatic rings. The normalized spacial score (nSPS) is 20.6. The van der Waals surface area contributed by atoms with Crippen molar-refractivity contribution in [2.45, 2.75) is 115 Å². The number of anilines is 1. The number of nitrogens with zero attached hydrogens (tertiary/aromatic N) is 2. The van der Waals surface area contributed by atoms with E-state index in [2.05, 4.69) is 11.9 Å². The van der Waals surface area contributed by atoms with Crippen LogP contribution in [0.1, 0.15) is 90.4 Å². The molecule has 5 atom stereocenters. The summed E-state index contributed by atoms with van der Waals surface area (Å²) in [5, 5.41) is 38.1. The predicted octanol–water partition coefficient (Wildman–Crippen LogP) is 2.59. The number of hydrogen-bond donors (Lipinski definition) is 7. The van der Waals surface area contributed by atoms with Gasteiger partial charge >= 0.3 is 19.3 Å². The van der Waals surface area contributed by atoms with Gasteiger partial charge in [0.2, 0.25) is 0 Å². The molecule has 1 aromatic rings. The summed E-state index contributed by atoms with van der Waals surface area (Å²) >= 11 is 0. The standard InChI is InChI=1S/C22H38O5.C8H14N3O6P/c1-2-3-4-5-8-11-17(23)14-15-19-18(20(24)16-21(19)25)12-9-6-7-10-13-22(26)27;9-7-1-2-11(8(13)10-7)3-6(4-12)17-5-18(14,15)16/h6,9,18-21,24-25H,2-5,7-8,10-16H2,1H3,(H,26,27);1-2,6,12H,3-5H2,(H2,9,10,13)(H2,14,15,16)/b9-6-;/t18-,19-,20+,21-;6-/m10/s1. The van der Waals surface area contributed by atoms with Gasteiger partial charge in [-0.1, -0.05) is 44.8 Å². The van der Waals surface area contributed by atoms with Crippen molar-refractivity contribution in [3.05, 3.63) is 34.9 Å². The summed E-state index contributed by atoms with van der Waals surface area (Å²) < 4.78 is 16.5. The van der Waals surface area contributed by atoms with E-state index in [4.69, 9.17) is 30.5 Å². The van der Waals surface area contributed by atoms with Crippen LogP contribution in [0.4, 0.5) is 5.82 Å². The minimum Gasteiger partial charge on any atom is -0.481 e. The van der Waals surface area contributed by atoms with Crippen LogP contribution >= 0.6 is 7.60 Å². The van der Waals surface area contributed by atoms with Crippen LogP contribution in [0.15, 0.2) is 29.2 Å². The Morgan fingerprint density at radius 2 is 1.78 bits per heavy atom. The first kappa shape index (κ1) is 40.6. The van der Waals surface area contributed by atoms with E-state index in [0.717, 1.165) is 17.4 Å². The fraction of sp³-hybridized carbons (Fsp3) is 0.733. The minimum absolute atomic E-state index is 0.0203. The van der Waals surface area contributed by atoms with Crippen molar-refractivity contribution in [1.82, 2.24) is 9.55 Å². The van der Waals surface area contributed by atoms with Gasteiger partial charge < -0.3 is 40.7 Å². The van der Waals surface area contributed by atoms with Crippen molar-refractivity contribution < 1.29 is 49.1 Å². The number of allylic oxidation sites excluding steroid dienone is 2. The second-order valence-corrected chi connectivity index (χ2v) is 13.1. The molecule has 45 heavy (non-hydrogen) atoms. The van der Waals surface area contributed by atoms with Crippen molar-refractivity contribution in [1.29, 1.82) is 0 Å². The molecule has 1 fully saturated rings. The average Bonchev–Trinajstić information content (AvgIpc) is 3.23. The molecule has 1 aliphatic carbocycles. The zero-order valence-electron chi connectivity index (χ0n) is 26.2. The third-order valence-electron chi connectivity index (χ3n) is 7.65. The molecule has 1 heterocycles. The van der Waals surface area contributed by atoms with Gasteiger partial charge in [0.15, 0.2) is 0 Å². The number of aliphatic carboxylic acids is 1. The highest BCUT2D eigenvalue weighted by Crippen LogP contribution is 2.38. The first-order valence-electron chi connectivity index (χ1n) is 15.6. The lowest BCUT2D eigenvalue weighted by Gasteiger charge is -2.22. The maximum atomic E-state index is 12.1. The molecular weight excluding hydrogens is 609 g/mol. The smallest absolute Gasteiger partial charge is 0.350 e. The SMILES string of the molecule is CCCCCCCC(=O)CC[C@@H]1[C@@H](C/C=C\CCCC(=O)O)[C@@H](O)C[C@H]1O.Nc1ccn(C[C@@H](CO)OCP(=O)(O)O)c(=O)n1. The molecule has 258 valence electrons. The maximum Gasteiger partial charge on any atom is 0.350 e. The number of aliphatic hydroxyl groups excluding tert-OH is 3. The lowest BCUT2D eigenvalue weighted by Crippen LogP contribution is -2.32. The number of aliphatic hydroxyl groups is 3. The van der Waals surface area contributed by atoms with Gasteiger partial charge in [-0.3, -0.25) is 18.7 Å². The highest BCUT2D eigenvalue weighted by molar-refractivity contribution is 7.51. The fourth-order valence-electron chi connectivity index (χ4n) is 5.19. The van der Waals surface area contributed by atoms with E-state index in [1.807, 2.05) is 12.2 Å². The number of ether oxygens (including phenoxy) is 1. The zero-order chi connectivity index (χ0) is 33.8. The van der Waals surface area contributed by atoms with Crippen LogP contribution in [0, 0.1) is 11.8 Å². The van der Waals surface area contributed by atoms with Gasteiger partial charge in [-0.25, -0.2) is 4.79 Å². The van der Waals surface area contributed by atoms with E-state index in [1.54, 1.807) is 0 Å². The number of rotatable bonds is 21. The lowest BCUT2D eigenvalue weighted by atomic mass is 9.86. The Hall–Kier alpha value is -2.45. The van der Waals surface area contributed by atoms with Gasteiger partial charge in [0.1, 0.15) is 17.9 Å². The van der Waals surface area contributed by atoms with E-state index in [1.165, 1.54) is 31.5 Å². The van der Waals surface area contributed by atoms with E-state index in [9.17, 15) is 29.2 Å². The number of carboxylic acids is 1. The monoisotopic (exact) mass is 661 g/mol. The van der Waals surface area contributed by atoms with Gasteiger partial charge in [-0.15, -0.1) is 0 Å². The molecule has 0 amide bonds. The van der Waals surface area contributed by atoms with Crippen molar-refractivity contribution in [3.8, 4) is 0 Å². The molecule has 1 aromatic heterocycles. The number of aromatic nitrogens is 2. The third kappa shape index (κ3) is 18.3. The molecule has 0 aliphatic heterocycles. The van der Waals surface area contributed by atoms with E-state index in [-0.39, 0.29) is 36.4 Å². The molecule has 0 spiro atoms. The van der Waals surface area contributed by atoms with Crippen LogP contribution in [0.3, 0.4) is 0 Å². The van der Waals surface area contributed by atoms with Crippen LogP contribution in [-0.2, 0) is 25.4 Å². The molecule has 0 unspecified atom stereocenters. The fourth-order valence-corrected chi connectivity index (χ4v) is 5.60. The molecule has 14 nitrogen and oxygen atoms in total. The number of Topliss-reactive ketones (excluding diaryl/α,β-unsaturated/α-hetero) is 1. The maximum absolute atomic E-state index is 12.1. The third-order valence-corrected chi connectivity index (χ3v) is 8.14. The van der Waals surface area contributed by atoms with Crippen LogP contribution in [0.5, 0.6) is 0 Å². The average molecular weight is 662 g/mol. The quantitative estimate of drug-likeness (QED) is 0.0570. The Kier molecular flexibility index (Phi) is 20.0. The van der Waals surface area contributed by atoms with Gasteiger partial charge in [0, 0.05) is 25.5 Å². The molecular formula is C30H52N3O11P. The number of carbonyl (C=O) groups excluding carboxylic acids is 1. The second-order valence-electron chi connectivity index (χ2n) is 11.5. The van der Waals surface area contributed by atoms with Crippen LogP contribution < -0.4 is 11.4 Å². The Morgan fingerprint density at radius 3 is 2.40 bits per heavy atom. The molecule has 2 rings (SSSR count). The Morgan fingerprint density at radius 1 is 1.09 bits per heavy atom. The molecule has 0 bridgehead atoms. The predicted molar refractivity (Wildman–Crippen MR) is 168 cm³/mol. The number of nitrogen functional groups attached to an aromatic ring is 1. The molecule has 15 heteroatoms. The molecule has 1 saturated carbocycles. The Balaban J connectivity index is 0.000000487. The van der Waals surface area contributed by atoms with Gasteiger partial charge in [-0.05, 0) is 56.4 Å². The molecule has 0 saturated heterocycles. The van der Waals surface area contributed by atoms with Gasteiger partial charge in [0.05, 0.1) is 31.5 Å². The molecule has 0 aromatic carbocycles. The van der Waals surface area contributed by atoms with E-state index in [0.29, 0.717) is 44.9 Å². The number of nitrogens with two attached hydrogens (primary N) is 1. The van der Waals surface area contributed by atoms with Gasteiger partial charge in [0.25, 0.3) is 0 Å². The summed E-state index contributed by atoms with van der Waals surface area (Å²) in [6.07, 6.45) is 12.5. The van der Waals surface area contributed by atoms with E-state index < -0.39 is 50.5 Å². The molecule has 0 radical (unpaired) electrons. The summed E-state index contributed by atoms with van der Waals surface area (Å²) in [6, 6.07) is 1.39. The summed E-state index contributed by atoms with van der Waals surface area (Å²) in [5.41, 5.74) is 4.67. The number of ketones is 1.